The zero-order valence-corrected chi connectivity index (χ0v) is 8.31. The molecule has 1 saturated carbocycles. The molecule has 0 spiro atoms. The minimum absolute atomic E-state index is 0.0148. The van der Waals surface area contributed by atoms with Gasteiger partial charge in [-0.1, -0.05) is 18.2 Å². The molecule has 0 aromatic heterocycles. The van der Waals surface area contributed by atoms with E-state index in [0.717, 1.165) is 0 Å². The summed E-state index contributed by atoms with van der Waals surface area (Å²) in [6.45, 7) is 0. The van der Waals surface area contributed by atoms with Gasteiger partial charge in [0, 0.05) is 5.56 Å². The monoisotopic (exact) mass is 197 g/mol. The van der Waals surface area contributed by atoms with Gasteiger partial charge in [0.2, 0.25) is 0 Å². The maximum Gasteiger partial charge on any atom is 0.185 e. The normalized spacial score (nSPS) is 15.1. The highest BCUT2D eigenvalue weighted by Crippen LogP contribution is 2.30. The Balaban J connectivity index is 2.14. The fraction of sp³-hybridized carbons (Fsp3) is 0.231. The maximum absolute atomic E-state index is 11.6. The maximum atomic E-state index is 11.6. The lowest BCUT2D eigenvalue weighted by atomic mass is 10.1. The molecule has 0 aliphatic heterocycles. The Labute approximate surface area is 88.8 Å². The first-order valence-electron chi connectivity index (χ1n) is 5.02. The second kappa shape index (κ2) is 4.10. The van der Waals surface area contributed by atoms with Gasteiger partial charge in [0.25, 0.3) is 0 Å². The number of benzene rings is 1. The van der Waals surface area contributed by atoms with E-state index in [9.17, 15) is 4.79 Å². The quantitative estimate of drug-likeness (QED) is 0.552. The Morgan fingerprint density at radius 2 is 2.27 bits per heavy atom. The van der Waals surface area contributed by atoms with Gasteiger partial charge in [-0.2, -0.15) is 5.26 Å². The molecule has 0 bridgehead atoms. The van der Waals surface area contributed by atoms with E-state index >= 15 is 0 Å². The number of nitrogens with zero attached hydrogens (tertiary/aromatic N) is 1. The van der Waals surface area contributed by atoms with Crippen molar-refractivity contribution in [1.29, 1.82) is 5.26 Å². The van der Waals surface area contributed by atoms with Crippen LogP contribution in [0.5, 0.6) is 0 Å². The third-order valence-electron chi connectivity index (χ3n) is 2.42. The fourth-order valence-corrected chi connectivity index (χ4v) is 1.35. The summed E-state index contributed by atoms with van der Waals surface area (Å²) in [5.41, 5.74) is 1.12. The number of rotatable bonds is 3. The minimum atomic E-state index is -0.0148. The number of hydrogen-bond acceptors (Lipinski definition) is 2. The van der Waals surface area contributed by atoms with Gasteiger partial charge in [-0.25, -0.2) is 0 Å². The lowest BCUT2D eigenvalue weighted by molar-refractivity contribution is 0.104. The molecule has 0 N–H and O–H groups in total. The molecule has 1 aliphatic carbocycles. The van der Waals surface area contributed by atoms with E-state index in [-0.39, 0.29) is 5.78 Å². The predicted octanol–water partition coefficient (Wildman–Crippen LogP) is 2.71. The van der Waals surface area contributed by atoms with E-state index in [2.05, 4.69) is 0 Å². The lowest BCUT2D eigenvalue weighted by Gasteiger charge is -1.95. The van der Waals surface area contributed by atoms with Gasteiger partial charge < -0.3 is 0 Å². The highest BCUT2D eigenvalue weighted by molar-refractivity contribution is 6.04. The lowest BCUT2D eigenvalue weighted by Crippen LogP contribution is -1.94. The van der Waals surface area contributed by atoms with Crippen molar-refractivity contribution in [2.75, 3.05) is 0 Å². The van der Waals surface area contributed by atoms with Gasteiger partial charge in [-0.3, -0.25) is 4.79 Å². The minimum Gasteiger partial charge on any atom is -0.289 e. The summed E-state index contributed by atoms with van der Waals surface area (Å²) >= 11 is 0. The molecule has 0 radical (unpaired) electrons. The van der Waals surface area contributed by atoms with Gasteiger partial charge in [0.05, 0.1) is 11.6 Å². The second-order valence-electron chi connectivity index (χ2n) is 3.75. The van der Waals surface area contributed by atoms with Gasteiger partial charge in [0.1, 0.15) is 0 Å². The van der Waals surface area contributed by atoms with Gasteiger partial charge >= 0.3 is 0 Å². The Bertz CT molecular complexity index is 450. The van der Waals surface area contributed by atoms with Crippen LogP contribution in [-0.2, 0) is 0 Å². The molecule has 0 atom stereocenters. The van der Waals surface area contributed by atoms with E-state index < -0.39 is 0 Å². The molecule has 0 heterocycles. The Morgan fingerprint density at radius 3 is 2.93 bits per heavy atom. The van der Waals surface area contributed by atoms with Crippen LogP contribution in [0.4, 0.5) is 0 Å². The number of carbonyl (C=O) groups excluding carboxylic acids is 1. The van der Waals surface area contributed by atoms with Crippen LogP contribution in [0.1, 0.15) is 28.8 Å². The van der Waals surface area contributed by atoms with E-state index in [1.54, 1.807) is 30.3 Å². The van der Waals surface area contributed by atoms with Crippen molar-refractivity contribution in [1.82, 2.24) is 0 Å². The second-order valence-corrected chi connectivity index (χ2v) is 3.75. The van der Waals surface area contributed by atoms with Crippen LogP contribution >= 0.6 is 0 Å². The van der Waals surface area contributed by atoms with Crippen molar-refractivity contribution < 1.29 is 4.79 Å². The molecule has 1 aliphatic rings. The highest BCUT2D eigenvalue weighted by Gasteiger charge is 2.17. The van der Waals surface area contributed by atoms with E-state index in [0.29, 0.717) is 17.0 Å². The van der Waals surface area contributed by atoms with Crippen LogP contribution < -0.4 is 0 Å². The van der Waals surface area contributed by atoms with E-state index in [4.69, 9.17) is 5.26 Å². The summed E-state index contributed by atoms with van der Waals surface area (Å²) in [7, 11) is 0. The summed E-state index contributed by atoms with van der Waals surface area (Å²) in [6.07, 6.45) is 5.97. The van der Waals surface area contributed by atoms with Crippen LogP contribution in [0.3, 0.4) is 0 Å². The molecular weight excluding hydrogens is 186 g/mol. The van der Waals surface area contributed by atoms with Crippen LogP contribution in [0.15, 0.2) is 36.4 Å². The summed E-state index contributed by atoms with van der Waals surface area (Å²) in [5.74, 6) is 0.590. The fourth-order valence-electron chi connectivity index (χ4n) is 1.35. The van der Waals surface area contributed by atoms with Crippen molar-refractivity contribution in [3.63, 3.8) is 0 Å². The van der Waals surface area contributed by atoms with Crippen molar-refractivity contribution in [3.8, 4) is 6.07 Å². The summed E-state index contributed by atoms with van der Waals surface area (Å²) in [5, 5.41) is 8.69. The number of nitriles is 1. The molecule has 1 fully saturated rings. The number of ketones is 1. The van der Waals surface area contributed by atoms with Crippen molar-refractivity contribution >= 4 is 5.78 Å². The molecule has 0 saturated heterocycles. The standard InChI is InChI=1S/C13H11NO/c14-9-11-2-1-3-12(8-11)13(15)7-6-10-4-5-10/h1-3,6-8,10H,4-5H2/b7-6+. The average molecular weight is 197 g/mol. The molecule has 1 aromatic carbocycles. The largest absolute Gasteiger partial charge is 0.289 e. The average Bonchev–Trinajstić information content (AvgIpc) is 3.10. The molecule has 1 aromatic rings. The van der Waals surface area contributed by atoms with Gasteiger partial charge in [-0.15, -0.1) is 0 Å². The third kappa shape index (κ3) is 2.54. The van der Waals surface area contributed by atoms with Crippen molar-refractivity contribution in [3.05, 3.63) is 47.5 Å². The van der Waals surface area contributed by atoms with Crippen LogP contribution in [0.2, 0.25) is 0 Å². The SMILES string of the molecule is N#Cc1cccc(C(=O)/C=C/C2CC2)c1. The first kappa shape index (κ1) is 9.67. The Hall–Kier alpha value is -1.88. The van der Waals surface area contributed by atoms with E-state index in [1.165, 1.54) is 12.8 Å². The smallest absolute Gasteiger partial charge is 0.185 e. The van der Waals surface area contributed by atoms with Crippen LogP contribution in [-0.4, -0.2) is 5.78 Å². The Kier molecular flexibility index (Phi) is 2.64. The summed E-state index contributed by atoms with van der Waals surface area (Å²) < 4.78 is 0. The zero-order valence-electron chi connectivity index (χ0n) is 8.31. The topological polar surface area (TPSA) is 40.9 Å². The van der Waals surface area contributed by atoms with Gasteiger partial charge in [0.15, 0.2) is 5.78 Å². The molecule has 74 valence electrons. The molecule has 0 unspecified atom stereocenters. The van der Waals surface area contributed by atoms with Gasteiger partial charge in [-0.05, 0) is 37.0 Å². The molecule has 2 rings (SSSR count). The van der Waals surface area contributed by atoms with Crippen molar-refractivity contribution in [2.45, 2.75) is 12.8 Å². The summed E-state index contributed by atoms with van der Waals surface area (Å²) in [6, 6.07) is 8.81. The summed E-state index contributed by atoms with van der Waals surface area (Å²) in [4.78, 5) is 11.6. The van der Waals surface area contributed by atoms with E-state index in [1.807, 2.05) is 12.1 Å². The molecule has 2 heteroatoms. The third-order valence-corrected chi connectivity index (χ3v) is 2.42. The number of carbonyl (C=O) groups is 1. The molecule has 15 heavy (non-hydrogen) atoms. The Morgan fingerprint density at radius 1 is 1.47 bits per heavy atom. The van der Waals surface area contributed by atoms with Crippen LogP contribution in [0.25, 0.3) is 0 Å². The highest BCUT2D eigenvalue weighted by atomic mass is 16.1. The molecule has 2 nitrogen and oxygen atoms in total. The first-order chi connectivity index (χ1) is 7.29. The predicted molar refractivity (Wildman–Crippen MR) is 57.4 cm³/mol. The molecule has 0 amide bonds. The zero-order chi connectivity index (χ0) is 10.7. The van der Waals surface area contributed by atoms with Crippen LogP contribution in [0, 0.1) is 17.2 Å². The number of allylic oxidation sites excluding steroid dienone is 2. The number of hydrogen-bond donors (Lipinski definition) is 0. The molecular formula is C13H11NO. The van der Waals surface area contributed by atoms with Crippen molar-refractivity contribution in [2.24, 2.45) is 5.92 Å². The first-order valence-corrected chi connectivity index (χ1v) is 5.02.